The highest BCUT2D eigenvalue weighted by Crippen LogP contribution is 2.37. The van der Waals surface area contributed by atoms with Crippen LogP contribution >= 0.6 is 0 Å². The Labute approximate surface area is 159 Å². The Balaban J connectivity index is 1.59. The molecule has 138 valence electrons. The lowest BCUT2D eigenvalue weighted by Gasteiger charge is -2.23. The van der Waals surface area contributed by atoms with Crippen LogP contribution in [-0.2, 0) is 24.5 Å². The van der Waals surface area contributed by atoms with Gasteiger partial charge in [0.15, 0.2) is 0 Å². The van der Waals surface area contributed by atoms with Crippen molar-refractivity contribution in [1.82, 2.24) is 14.7 Å². The standard InChI is InChI=1S/C22H23N3O2/c1-3-24(13-17-7-5-4-6-8-17)21(26)14-25-22-18(12-23-25)15-27-20-10-9-16(2)11-19(20)22/h4-12H,3,13-15H2,1-2H3. The first-order valence-electron chi connectivity index (χ1n) is 9.26. The van der Waals surface area contributed by atoms with Crippen LogP contribution in [0.15, 0.2) is 54.7 Å². The third-order valence-electron chi connectivity index (χ3n) is 4.92. The molecule has 0 radical (unpaired) electrons. The van der Waals surface area contributed by atoms with Gasteiger partial charge in [0.2, 0.25) is 5.91 Å². The predicted octanol–water partition coefficient (Wildman–Crippen LogP) is 3.80. The Morgan fingerprint density at radius 1 is 1.22 bits per heavy atom. The van der Waals surface area contributed by atoms with Crippen LogP contribution in [0, 0.1) is 6.92 Å². The van der Waals surface area contributed by atoms with Crippen molar-refractivity contribution in [3.8, 4) is 17.0 Å². The number of benzene rings is 2. The van der Waals surface area contributed by atoms with E-state index in [-0.39, 0.29) is 12.5 Å². The maximum Gasteiger partial charge on any atom is 0.244 e. The van der Waals surface area contributed by atoms with Crippen molar-refractivity contribution in [2.24, 2.45) is 0 Å². The van der Waals surface area contributed by atoms with Gasteiger partial charge in [-0.2, -0.15) is 5.10 Å². The Morgan fingerprint density at radius 3 is 2.81 bits per heavy atom. The van der Waals surface area contributed by atoms with Gasteiger partial charge in [-0.15, -0.1) is 0 Å². The Bertz CT molecular complexity index is 963. The van der Waals surface area contributed by atoms with Crippen LogP contribution in [0.1, 0.15) is 23.6 Å². The highest BCUT2D eigenvalue weighted by atomic mass is 16.5. The van der Waals surface area contributed by atoms with E-state index in [0.29, 0.717) is 19.7 Å². The second kappa shape index (κ2) is 7.27. The maximum absolute atomic E-state index is 12.9. The molecule has 0 aliphatic carbocycles. The molecule has 1 amide bonds. The predicted molar refractivity (Wildman–Crippen MR) is 104 cm³/mol. The zero-order valence-corrected chi connectivity index (χ0v) is 15.7. The summed E-state index contributed by atoms with van der Waals surface area (Å²) in [6, 6.07) is 16.2. The van der Waals surface area contributed by atoms with Crippen LogP contribution in [0.3, 0.4) is 0 Å². The molecule has 1 aliphatic rings. The molecule has 0 bridgehead atoms. The second-order valence-electron chi connectivity index (χ2n) is 6.86. The number of rotatable bonds is 5. The molecule has 2 heterocycles. The van der Waals surface area contributed by atoms with Crippen molar-refractivity contribution in [3.63, 3.8) is 0 Å². The molecular weight excluding hydrogens is 338 g/mol. The molecule has 27 heavy (non-hydrogen) atoms. The molecule has 0 fully saturated rings. The van der Waals surface area contributed by atoms with Crippen molar-refractivity contribution >= 4 is 5.91 Å². The van der Waals surface area contributed by atoms with E-state index in [9.17, 15) is 4.79 Å². The number of carbonyl (C=O) groups excluding carboxylic acids is 1. The monoisotopic (exact) mass is 361 g/mol. The van der Waals surface area contributed by atoms with Gasteiger partial charge in [-0.05, 0) is 31.5 Å². The molecule has 3 aromatic rings. The van der Waals surface area contributed by atoms with Gasteiger partial charge in [-0.1, -0.05) is 42.0 Å². The van der Waals surface area contributed by atoms with Crippen molar-refractivity contribution in [3.05, 3.63) is 71.4 Å². The average Bonchev–Trinajstić information content (AvgIpc) is 3.10. The SMILES string of the molecule is CCN(Cc1ccccc1)C(=O)Cn1ncc2c1-c1cc(C)ccc1OC2. The van der Waals surface area contributed by atoms with Gasteiger partial charge in [0.05, 0.1) is 11.9 Å². The molecule has 1 aliphatic heterocycles. The zero-order valence-electron chi connectivity index (χ0n) is 15.7. The van der Waals surface area contributed by atoms with E-state index in [1.165, 1.54) is 0 Å². The fraction of sp³-hybridized carbons (Fsp3) is 0.273. The molecule has 5 heteroatoms. The van der Waals surface area contributed by atoms with Crippen LogP contribution in [0.5, 0.6) is 5.75 Å². The van der Waals surface area contributed by atoms with E-state index < -0.39 is 0 Å². The number of ether oxygens (including phenoxy) is 1. The van der Waals surface area contributed by atoms with Gasteiger partial charge >= 0.3 is 0 Å². The first kappa shape index (κ1) is 17.3. The minimum Gasteiger partial charge on any atom is -0.488 e. The topological polar surface area (TPSA) is 47.4 Å². The van der Waals surface area contributed by atoms with Crippen LogP contribution in [0.2, 0.25) is 0 Å². The Morgan fingerprint density at radius 2 is 2.04 bits per heavy atom. The zero-order chi connectivity index (χ0) is 18.8. The van der Waals surface area contributed by atoms with E-state index in [2.05, 4.69) is 18.1 Å². The van der Waals surface area contributed by atoms with E-state index in [0.717, 1.165) is 33.7 Å². The van der Waals surface area contributed by atoms with Gasteiger partial charge in [-0.25, -0.2) is 0 Å². The maximum atomic E-state index is 12.9. The number of carbonyl (C=O) groups is 1. The second-order valence-corrected chi connectivity index (χ2v) is 6.86. The molecule has 0 saturated heterocycles. The fourth-order valence-electron chi connectivity index (χ4n) is 3.48. The molecule has 0 spiro atoms. The number of nitrogens with zero attached hydrogens (tertiary/aromatic N) is 3. The summed E-state index contributed by atoms with van der Waals surface area (Å²) in [4.78, 5) is 14.8. The van der Waals surface area contributed by atoms with Crippen molar-refractivity contribution in [1.29, 1.82) is 0 Å². The van der Waals surface area contributed by atoms with Crippen molar-refractivity contribution in [2.75, 3.05) is 6.54 Å². The number of hydrogen-bond donors (Lipinski definition) is 0. The fourth-order valence-corrected chi connectivity index (χ4v) is 3.48. The van der Waals surface area contributed by atoms with Gasteiger partial charge in [0.1, 0.15) is 18.9 Å². The van der Waals surface area contributed by atoms with Crippen molar-refractivity contribution < 1.29 is 9.53 Å². The number of likely N-dealkylation sites (N-methyl/N-ethyl adjacent to an activating group) is 1. The molecule has 0 unspecified atom stereocenters. The normalized spacial score (nSPS) is 12.1. The molecule has 4 rings (SSSR count). The largest absolute Gasteiger partial charge is 0.488 e. The molecule has 0 atom stereocenters. The van der Waals surface area contributed by atoms with Gasteiger partial charge in [0.25, 0.3) is 0 Å². The number of amides is 1. The third kappa shape index (κ3) is 3.45. The van der Waals surface area contributed by atoms with E-state index in [1.807, 2.05) is 59.0 Å². The van der Waals surface area contributed by atoms with Crippen LogP contribution in [-0.4, -0.2) is 27.1 Å². The number of aromatic nitrogens is 2. The van der Waals surface area contributed by atoms with E-state index >= 15 is 0 Å². The van der Waals surface area contributed by atoms with Gasteiger partial charge in [0, 0.05) is 24.2 Å². The summed E-state index contributed by atoms with van der Waals surface area (Å²) >= 11 is 0. The van der Waals surface area contributed by atoms with Crippen LogP contribution in [0.4, 0.5) is 0 Å². The summed E-state index contributed by atoms with van der Waals surface area (Å²) in [6.07, 6.45) is 1.81. The first-order chi connectivity index (χ1) is 13.2. The summed E-state index contributed by atoms with van der Waals surface area (Å²) in [5.74, 6) is 0.909. The number of hydrogen-bond acceptors (Lipinski definition) is 3. The highest BCUT2D eigenvalue weighted by Gasteiger charge is 2.24. The van der Waals surface area contributed by atoms with E-state index in [1.54, 1.807) is 6.20 Å². The Kier molecular flexibility index (Phi) is 4.67. The molecular formula is C22H23N3O2. The quantitative estimate of drug-likeness (QED) is 0.694. The summed E-state index contributed by atoms with van der Waals surface area (Å²) < 4.78 is 7.63. The molecule has 2 aromatic carbocycles. The lowest BCUT2D eigenvalue weighted by atomic mass is 10.0. The number of fused-ring (bicyclic) bond motifs is 3. The smallest absolute Gasteiger partial charge is 0.244 e. The minimum atomic E-state index is 0.0629. The van der Waals surface area contributed by atoms with E-state index in [4.69, 9.17) is 4.74 Å². The molecule has 5 nitrogen and oxygen atoms in total. The molecule has 0 N–H and O–H groups in total. The lowest BCUT2D eigenvalue weighted by Crippen LogP contribution is -2.33. The summed E-state index contributed by atoms with van der Waals surface area (Å²) in [5, 5.41) is 4.48. The first-order valence-corrected chi connectivity index (χ1v) is 9.26. The lowest BCUT2D eigenvalue weighted by molar-refractivity contribution is -0.132. The number of aryl methyl sites for hydroxylation is 1. The van der Waals surface area contributed by atoms with Gasteiger partial charge < -0.3 is 9.64 Å². The average molecular weight is 361 g/mol. The third-order valence-corrected chi connectivity index (χ3v) is 4.92. The summed E-state index contributed by atoms with van der Waals surface area (Å²) in [6.45, 7) is 6.05. The van der Waals surface area contributed by atoms with Gasteiger partial charge in [-0.3, -0.25) is 9.48 Å². The Hall–Kier alpha value is -3.08. The van der Waals surface area contributed by atoms with Crippen LogP contribution in [0.25, 0.3) is 11.3 Å². The molecule has 1 aromatic heterocycles. The van der Waals surface area contributed by atoms with Crippen molar-refractivity contribution in [2.45, 2.75) is 33.5 Å². The summed E-state index contributed by atoms with van der Waals surface area (Å²) in [7, 11) is 0. The minimum absolute atomic E-state index is 0.0629. The highest BCUT2D eigenvalue weighted by molar-refractivity contribution is 5.78. The van der Waals surface area contributed by atoms with Crippen LogP contribution < -0.4 is 4.74 Å². The summed E-state index contributed by atoms with van der Waals surface area (Å²) in [5.41, 5.74) is 5.30. The molecule has 0 saturated carbocycles.